The molecule has 5 heteroatoms. The van der Waals surface area contributed by atoms with Crippen molar-refractivity contribution in [1.29, 1.82) is 0 Å². The van der Waals surface area contributed by atoms with Gasteiger partial charge in [0.1, 0.15) is 4.49 Å². The highest BCUT2D eigenvalue weighted by molar-refractivity contribution is 6.55. The molecule has 0 aromatic heterocycles. The summed E-state index contributed by atoms with van der Waals surface area (Å²) in [5, 5.41) is 6.77. The van der Waals surface area contributed by atoms with Crippen LogP contribution >= 0.6 is 23.2 Å². The fraction of sp³-hybridized carbons (Fsp3) is 0. The van der Waals surface area contributed by atoms with Crippen molar-refractivity contribution in [3.63, 3.8) is 0 Å². The van der Waals surface area contributed by atoms with Crippen molar-refractivity contribution >= 4 is 29.1 Å². The molecule has 1 aromatic carbocycles. The number of benzene rings is 1. The maximum absolute atomic E-state index is 11.3. The van der Waals surface area contributed by atoms with Crippen LogP contribution in [0.25, 0.3) is 0 Å². The summed E-state index contributed by atoms with van der Waals surface area (Å²) in [5.41, 5.74) is 0.468. The minimum Gasteiger partial charge on any atom is -0.265 e. The number of rotatable bonds is 2. The second-order valence-electron chi connectivity index (χ2n) is 2.31. The monoisotopic (exact) mass is 228 g/mol. The van der Waals surface area contributed by atoms with Gasteiger partial charge < -0.3 is 0 Å². The van der Waals surface area contributed by atoms with Crippen LogP contribution < -0.4 is 0 Å². The van der Waals surface area contributed by atoms with Crippen LogP contribution in [0.15, 0.2) is 51.3 Å². The standard InChI is InChI=1S/C9H6Cl2N2O/c10-8(11)6-12-13-9(14)7-4-2-1-3-5-7/h1-6H. The summed E-state index contributed by atoms with van der Waals surface area (Å²) in [6.07, 6.45) is 1.09. The molecule has 0 saturated carbocycles. The summed E-state index contributed by atoms with van der Waals surface area (Å²) >= 11 is 10.5. The molecular weight excluding hydrogens is 223 g/mol. The van der Waals surface area contributed by atoms with E-state index in [1.807, 2.05) is 6.07 Å². The van der Waals surface area contributed by atoms with Crippen LogP contribution in [-0.4, -0.2) is 5.91 Å². The van der Waals surface area contributed by atoms with E-state index in [-0.39, 0.29) is 4.49 Å². The zero-order chi connectivity index (χ0) is 10.4. The Hall–Kier alpha value is -1.19. The van der Waals surface area contributed by atoms with Gasteiger partial charge in [-0.05, 0) is 12.1 Å². The molecule has 0 aliphatic carbocycles. The van der Waals surface area contributed by atoms with Crippen molar-refractivity contribution in [2.75, 3.05) is 0 Å². The van der Waals surface area contributed by atoms with Gasteiger partial charge in [0.05, 0.1) is 6.20 Å². The lowest BCUT2D eigenvalue weighted by molar-refractivity contribution is 0.0995. The molecule has 0 heterocycles. The van der Waals surface area contributed by atoms with Gasteiger partial charge in [0, 0.05) is 5.56 Å². The van der Waals surface area contributed by atoms with Crippen LogP contribution in [-0.2, 0) is 0 Å². The van der Waals surface area contributed by atoms with Gasteiger partial charge in [0.15, 0.2) is 0 Å². The van der Waals surface area contributed by atoms with Crippen molar-refractivity contribution in [2.24, 2.45) is 10.2 Å². The van der Waals surface area contributed by atoms with Crippen molar-refractivity contribution < 1.29 is 4.79 Å². The number of hydrogen-bond acceptors (Lipinski definition) is 2. The van der Waals surface area contributed by atoms with Crippen LogP contribution in [0.3, 0.4) is 0 Å². The molecule has 1 amide bonds. The molecule has 0 aliphatic rings. The number of hydrogen-bond donors (Lipinski definition) is 0. The normalized spacial score (nSPS) is 10.1. The molecule has 0 radical (unpaired) electrons. The van der Waals surface area contributed by atoms with E-state index in [9.17, 15) is 4.79 Å². The van der Waals surface area contributed by atoms with Gasteiger partial charge in [-0.1, -0.05) is 41.4 Å². The minimum atomic E-state index is -0.434. The molecule has 0 aliphatic heterocycles. The summed E-state index contributed by atoms with van der Waals surface area (Å²) in [5.74, 6) is -0.434. The summed E-state index contributed by atoms with van der Waals surface area (Å²) in [6, 6.07) is 8.59. The van der Waals surface area contributed by atoms with Gasteiger partial charge in [-0.3, -0.25) is 4.79 Å². The van der Waals surface area contributed by atoms with E-state index >= 15 is 0 Å². The zero-order valence-electron chi connectivity index (χ0n) is 7.02. The Balaban J connectivity index is 2.69. The van der Waals surface area contributed by atoms with Gasteiger partial charge >= 0.3 is 0 Å². The highest BCUT2D eigenvalue weighted by Gasteiger charge is 2.00. The predicted octanol–water partition coefficient (Wildman–Crippen LogP) is 3.56. The number of halogens is 2. The fourth-order valence-electron chi connectivity index (χ4n) is 0.763. The zero-order valence-corrected chi connectivity index (χ0v) is 8.53. The van der Waals surface area contributed by atoms with Gasteiger partial charge in [-0.25, -0.2) is 0 Å². The first kappa shape index (κ1) is 10.9. The van der Waals surface area contributed by atoms with Crippen LogP contribution in [0.1, 0.15) is 10.4 Å². The Morgan fingerprint density at radius 1 is 1.21 bits per heavy atom. The van der Waals surface area contributed by atoms with Gasteiger partial charge in [0.2, 0.25) is 0 Å². The quantitative estimate of drug-likeness (QED) is 0.714. The number of nitrogens with zero attached hydrogens (tertiary/aromatic N) is 2. The maximum Gasteiger partial charge on any atom is 0.295 e. The van der Waals surface area contributed by atoms with Crippen LogP contribution in [0, 0.1) is 0 Å². The smallest absolute Gasteiger partial charge is 0.265 e. The van der Waals surface area contributed by atoms with Gasteiger partial charge in [0.25, 0.3) is 5.91 Å². The lowest BCUT2D eigenvalue weighted by Gasteiger charge is -1.90. The van der Waals surface area contributed by atoms with E-state index in [0.717, 1.165) is 6.20 Å². The van der Waals surface area contributed by atoms with E-state index in [0.29, 0.717) is 5.56 Å². The number of carbonyl (C=O) groups is 1. The largest absolute Gasteiger partial charge is 0.295 e. The van der Waals surface area contributed by atoms with E-state index in [2.05, 4.69) is 10.2 Å². The molecule has 0 unspecified atom stereocenters. The Labute approximate surface area is 91.1 Å². The predicted molar refractivity (Wildman–Crippen MR) is 55.4 cm³/mol. The third kappa shape index (κ3) is 3.68. The average molecular weight is 229 g/mol. The Morgan fingerprint density at radius 2 is 1.86 bits per heavy atom. The fourth-order valence-corrected chi connectivity index (χ4v) is 0.851. The molecule has 14 heavy (non-hydrogen) atoms. The Bertz CT molecular complexity index is 370. The topological polar surface area (TPSA) is 41.8 Å². The molecule has 72 valence electrons. The second kappa shape index (κ2) is 5.52. The summed E-state index contributed by atoms with van der Waals surface area (Å²) in [6.45, 7) is 0. The number of azo groups is 1. The highest BCUT2D eigenvalue weighted by Crippen LogP contribution is 2.07. The summed E-state index contributed by atoms with van der Waals surface area (Å²) in [4.78, 5) is 11.3. The third-order valence-corrected chi connectivity index (χ3v) is 1.52. The second-order valence-corrected chi connectivity index (χ2v) is 3.31. The first-order valence-corrected chi connectivity index (χ1v) is 4.47. The first-order valence-electron chi connectivity index (χ1n) is 3.71. The maximum atomic E-state index is 11.3. The van der Waals surface area contributed by atoms with Crippen LogP contribution in [0.2, 0.25) is 0 Å². The van der Waals surface area contributed by atoms with Gasteiger partial charge in [-0.15, -0.1) is 5.11 Å². The van der Waals surface area contributed by atoms with E-state index in [1.165, 1.54) is 0 Å². The summed E-state index contributed by atoms with van der Waals surface area (Å²) < 4.78 is -0.0467. The van der Waals surface area contributed by atoms with Crippen molar-refractivity contribution in [1.82, 2.24) is 0 Å². The molecule has 3 nitrogen and oxygen atoms in total. The lowest BCUT2D eigenvalue weighted by atomic mass is 10.2. The molecule has 0 atom stereocenters. The van der Waals surface area contributed by atoms with Crippen molar-refractivity contribution in [3.05, 3.63) is 46.6 Å². The Kier molecular flexibility index (Phi) is 4.29. The first-order chi connectivity index (χ1) is 6.70. The minimum absolute atomic E-state index is 0.0467. The van der Waals surface area contributed by atoms with Crippen molar-refractivity contribution in [3.8, 4) is 0 Å². The number of amides is 1. The molecule has 1 rings (SSSR count). The lowest BCUT2D eigenvalue weighted by Crippen LogP contribution is -1.91. The highest BCUT2D eigenvalue weighted by atomic mass is 35.5. The third-order valence-electron chi connectivity index (χ3n) is 1.32. The summed E-state index contributed by atoms with van der Waals surface area (Å²) in [7, 11) is 0. The van der Waals surface area contributed by atoms with E-state index in [1.54, 1.807) is 24.3 Å². The average Bonchev–Trinajstić information content (AvgIpc) is 2.18. The van der Waals surface area contributed by atoms with E-state index < -0.39 is 5.91 Å². The Morgan fingerprint density at radius 3 is 2.43 bits per heavy atom. The number of carbonyl (C=O) groups excluding carboxylic acids is 1. The van der Waals surface area contributed by atoms with Crippen LogP contribution in [0.4, 0.5) is 0 Å². The molecule has 0 spiro atoms. The molecule has 0 bridgehead atoms. The molecule has 0 fully saturated rings. The SMILES string of the molecule is O=C(N=NC=C(Cl)Cl)c1ccccc1. The van der Waals surface area contributed by atoms with Crippen LogP contribution in [0.5, 0.6) is 0 Å². The van der Waals surface area contributed by atoms with Gasteiger partial charge in [-0.2, -0.15) is 5.11 Å². The molecule has 0 N–H and O–H groups in total. The van der Waals surface area contributed by atoms with E-state index in [4.69, 9.17) is 23.2 Å². The van der Waals surface area contributed by atoms with Crippen molar-refractivity contribution in [2.45, 2.75) is 0 Å². The molecule has 0 saturated heterocycles. The molecule has 1 aromatic rings. The molecular formula is C9H6Cl2N2O.